The predicted molar refractivity (Wildman–Crippen MR) is 85.5 cm³/mol. The van der Waals surface area contributed by atoms with Gasteiger partial charge in [-0.3, -0.25) is 4.79 Å². The number of methoxy groups -OCH3 is 1. The van der Waals surface area contributed by atoms with Crippen LogP contribution in [0, 0.1) is 0 Å². The normalized spacial score (nSPS) is 17.4. The molecular formula is C17H26N2O2. The van der Waals surface area contributed by atoms with Gasteiger partial charge in [0.05, 0.1) is 12.1 Å². The number of ether oxygens (including phenoxy) is 1. The molecule has 1 amide bonds. The highest BCUT2D eigenvalue weighted by Gasteiger charge is 2.41. The lowest BCUT2D eigenvalue weighted by atomic mass is 9.86. The Morgan fingerprint density at radius 1 is 1.29 bits per heavy atom. The molecule has 0 bridgehead atoms. The molecule has 1 saturated heterocycles. The van der Waals surface area contributed by atoms with Crippen molar-refractivity contribution in [1.82, 2.24) is 5.32 Å². The average molecular weight is 290 g/mol. The van der Waals surface area contributed by atoms with E-state index in [2.05, 4.69) is 5.32 Å². The zero-order valence-electron chi connectivity index (χ0n) is 13.1. The molecule has 0 aromatic heterocycles. The summed E-state index contributed by atoms with van der Waals surface area (Å²) in [4.78, 5) is 14.8. The number of nitrogens with one attached hydrogen (secondary N) is 1. The van der Waals surface area contributed by atoms with Crippen molar-refractivity contribution in [3.63, 3.8) is 0 Å². The number of nitrogens with zero attached hydrogens (tertiary/aromatic N) is 1. The summed E-state index contributed by atoms with van der Waals surface area (Å²) in [6.07, 6.45) is 3.29. The summed E-state index contributed by atoms with van der Waals surface area (Å²) < 4.78 is 5.49. The van der Waals surface area contributed by atoms with Gasteiger partial charge in [-0.1, -0.05) is 25.1 Å². The number of hydrogen-bond donors (Lipinski definition) is 1. The maximum atomic E-state index is 12.8. The number of para-hydroxylation sites is 1. The van der Waals surface area contributed by atoms with Gasteiger partial charge in [0.15, 0.2) is 0 Å². The molecule has 1 aliphatic heterocycles. The van der Waals surface area contributed by atoms with E-state index in [4.69, 9.17) is 4.74 Å². The predicted octanol–water partition coefficient (Wildman–Crippen LogP) is 2.59. The number of anilines is 1. The van der Waals surface area contributed by atoms with Crippen LogP contribution in [0.25, 0.3) is 0 Å². The van der Waals surface area contributed by atoms with Crippen LogP contribution in [0.4, 0.5) is 5.69 Å². The van der Waals surface area contributed by atoms with Crippen molar-refractivity contribution < 1.29 is 9.53 Å². The number of hydrogen-bond acceptors (Lipinski definition) is 3. The summed E-state index contributed by atoms with van der Waals surface area (Å²) in [7, 11) is 1.72. The summed E-state index contributed by atoms with van der Waals surface area (Å²) in [5.41, 5.74) is 0.753. The van der Waals surface area contributed by atoms with Crippen LogP contribution >= 0.6 is 0 Å². The highest BCUT2D eigenvalue weighted by Crippen LogP contribution is 2.32. The van der Waals surface area contributed by atoms with E-state index in [0.717, 1.165) is 38.0 Å². The zero-order chi connectivity index (χ0) is 15.1. The Morgan fingerprint density at radius 2 is 1.95 bits per heavy atom. The van der Waals surface area contributed by atoms with E-state index in [-0.39, 0.29) is 11.4 Å². The van der Waals surface area contributed by atoms with Gasteiger partial charge in [0.1, 0.15) is 0 Å². The van der Waals surface area contributed by atoms with Crippen molar-refractivity contribution in [1.29, 1.82) is 0 Å². The van der Waals surface area contributed by atoms with Gasteiger partial charge in [0, 0.05) is 19.2 Å². The number of rotatable bonds is 6. The van der Waals surface area contributed by atoms with Gasteiger partial charge in [0.2, 0.25) is 5.91 Å². The molecule has 0 atom stereocenters. The summed E-state index contributed by atoms with van der Waals surface area (Å²) in [6, 6.07) is 10.0. The Labute approximate surface area is 127 Å². The summed E-state index contributed by atoms with van der Waals surface area (Å²) in [5, 5.41) is 3.38. The molecule has 0 spiro atoms. The third kappa shape index (κ3) is 3.63. The summed E-state index contributed by atoms with van der Waals surface area (Å²) in [6.45, 7) is 4.48. The number of piperidine rings is 1. The van der Waals surface area contributed by atoms with Crippen molar-refractivity contribution in [2.24, 2.45) is 0 Å². The lowest BCUT2D eigenvalue weighted by molar-refractivity contribution is -0.120. The third-order valence-corrected chi connectivity index (χ3v) is 4.15. The standard InChI is InChI=1S/C17H26N2O2/c1-3-7-16(20)19(15-8-5-4-6-9-15)17(14-21-2)10-12-18-13-11-17/h4-6,8-9,18H,3,7,10-14H2,1-2H3. The van der Waals surface area contributed by atoms with Crippen LogP contribution in [-0.2, 0) is 9.53 Å². The lowest BCUT2D eigenvalue weighted by Gasteiger charge is -2.46. The Bertz CT molecular complexity index is 436. The largest absolute Gasteiger partial charge is 0.382 e. The van der Waals surface area contributed by atoms with Crippen LogP contribution in [0.1, 0.15) is 32.6 Å². The van der Waals surface area contributed by atoms with E-state index in [1.54, 1.807) is 7.11 Å². The van der Waals surface area contributed by atoms with Gasteiger partial charge in [0.25, 0.3) is 0 Å². The maximum Gasteiger partial charge on any atom is 0.227 e. The van der Waals surface area contributed by atoms with Gasteiger partial charge in [-0.15, -0.1) is 0 Å². The minimum Gasteiger partial charge on any atom is -0.382 e. The van der Waals surface area contributed by atoms with Crippen LogP contribution in [0.2, 0.25) is 0 Å². The van der Waals surface area contributed by atoms with E-state index in [1.165, 1.54) is 0 Å². The molecule has 1 aromatic rings. The highest BCUT2D eigenvalue weighted by atomic mass is 16.5. The van der Waals surface area contributed by atoms with E-state index in [0.29, 0.717) is 13.0 Å². The van der Waals surface area contributed by atoms with Crippen LogP contribution in [0.15, 0.2) is 30.3 Å². The molecule has 0 aliphatic carbocycles. The quantitative estimate of drug-likeness (QED) is 0.875. The van der Waals surface area contributed by atoms with Crippen molar-refractivity contribution in [2.75, 3.05) is 31.7 Å². The number of benzene rings is 1. The van der Waals surface area contributed by atoms with Crippen molar-refractivity contribution >= 4 is 11.6 Å². The minimum absolute atomic E-state index is 0.197. The van der Waals surface area contributed by atoms with E-state index < -0.39 is 0 Å². The lowest BCUT2D eigenvalue weighted by Crippen LogP contribution is -2.59. The first-order chi connectivity index (χ1) is 10.2. The minimum atomic E-state index is -0.229. The molecule has 2 rings (SSSR count). The molecule has 0 unspecified atom stereocenters. The number of carbonyl (C=O) groups is 1. The summed E-state index contributed by atoms with van der Waals surface area (Å²) in [5.74, 6) is 0.197. The van der Waals surface area contributed by atoms with Crippen LogP contribution < -0.4 is 10.2 Å². The smallest absolute Gasteiger partial charge is 0.227 e. The van der Waals surface area contributed by atoms with Gasteiger partial charge in [-0.05, 0) is 44.5 Å². The maximum absolute atomic E-state index is 12.8. The third-order valence-electron chi connectivity index (χ3n) is 4.15. The van der Waals surface area contributed by atoms with Crippen LogP contribution in [0.5, 0.6) is 0 Å². The number of amides is 1. The Kier molecular flexibility index (Phi) is 5.76. The zero-order valence-corrected chi connectivity index (χ0v) is 13.1. The second-order valence-electron chi connectivity index (χ2n) is 5.72. The fourth-order valence-corrected chi connectivity index (χ4v) is 3.18. The summed E-state index contributed by atoms with van der Waals surface area (Å²) >= 11 is 0. The topological polar surface area (TPSA) is 41.6 Å². The highest BCUT2D eigenvalue weighted by molar-refractivity contribution is 5.94. The molecule has 4 heteroatoms. The second-order valence-corrected chi connectivity index (χ2v) is 5.72. The molecule has 1 aromatic carbocycles. The van der Waals surface area contributed by atoms with Crippen LogP contribution in [-0.4, -0.2) is 38.3 Å². The monoisotopic (exact) mass is 290 g/mol. The average Bonchev–Trinajstić information content (AvgIpc) is 2.50. The first-order valence-electron chi connectivity index (χ1n) is 7.81. The Morgan fingerprint density at radius 3 is 2.52 bits per heavy atom. The fraction of sp³-hybridized carbons (Fsp3) is 0.588. The molecule has 1 fully saturated rings. The van der Waals surface area contributed by atoms with Crippen LogP contribution in [0.3, 0.4) is 0 Å². The van der Waals surface area contributed by atoms with Gasteiger partial charge in [-0.2, -0.15) is 0 Å². The van der Waals surface area contributed by atoms with E-state index in [1.807, 2.05) is 42.2 Å². The first-order valence-corrected chi connectivity index (χ1v) is 7.81. The SMILES string of the molecule is CCCC(=O)N(c1ccccc1)C1(COC)CCNCC1. The fourth-order valence-electron chi connectivity index (χ4n) is 3.18. The molecule has 4 nitrogen and oxygen atoms in total. The van der Waals surface area contributed by atoms with E-state index in [9.17, 15) is 4.79 Å². The van der Waals surface area contributed by atoms with Crippen molar-refractivity contribution in [2.45, 2.75) is 38.1 Å². The second kappa shape index (κ2) is 7.57. The number of carbonyl (C=O) groups excluding carboxylic acids is 1. The Balaban J connectivity index is 2.38. The van der Waals surface area contributed by atoms with Crippen molar-refractivity contribution in [3.8, 4) is 0 Å². The van der Waals surface area contributed by atoms with Gasteiger partial charge in [-0.25, -0.2) is 0 Å². The first kappa shape index (κ1) is 16.0. The molecule has 1 aliphatic rings. The molecule has 21 heavy (non-hydrogen) atoms. The molecule has 1 heterocycles. The van der Waals surface area contributed by atoms with Gasteiger partial charge >= 0.3 is 0 Å². The Hall–Kier alpha value is -1.39. The molecular weight excluding hydrogens is 264 g/mol. The van der Waals surface area contributed by atoms with Gasteiger partial charge < -0.3 is 15.0 Å². The molecule has 0 saturated carbocycles. The van der Waals surface area contributed by atoms with Crippen molar-refractivity contribution in [3.05, 3.63) is 30.3 Å². The molecule has 0 radical (unpaired) electrons. The van der Waals surface area contributed by atoms with E-state index >= 15 is 0 Å². The molecule has 116 valence electrons. The molecule has 1 N–H and O–H groups in total.